The molecule has 0 saturated carbocycles. The van der Waals surface area contributed by atoms with Gasteiger partial charge in [0.1, 0.15) is 0 Å². The first-order valence-electron chi connectivity index (χ1n) is 6.76. The maximum atomic E-state index is 6.14. The van der Waals surface area contributed by atoms with Crippen LogP contribution in [0.5, 0.6) is 0 Å². The van der Waals surface area contributed by atoms with E-state index in [0.29, 0.717) is 0 Å². The van der Waals surface area contributed by atoms with Crippen molar-refractivity contribution in [3.8, 4) is 0 Å². The lowest BCUT2D eigenvalue weighted by Gasteiger charge is -2.20. The van der Waals surface area contributed by atoms with E-state index in [2.05, 4.69) is 39.5 Å². The molecule has 0 saturated heterocycles. The van der Waals surface area contributed by atoms with Gasteiger partial charge in [0.2, 0.25) is 0 Å². The molecule has 1 atom stereocenters. The molecule has 108 valence electrons. The Hall–Kier alpha value is -0.840. The molecule has 0 aliphatic heterocycles. The number of aromatic nitrogens is 2. The Morgan fingerprint density at radius 3 is 2.90 bits per heavy atom. The molecule has 0 bridgehead atoms. The van der Waals surface area contributed by atoms with Gasteiger partial charge in [-0.1, -0.05) is 34.5 Å². The summed E-state index contributed by atoms with van der Waals surface area (Å²) in [6.45, 7) is 3.14. The maximum Gasteiger partial charge on any atom is 0.0522 e. The predicted molar refractivity (Wildman–Crippen MR) is 87.1 cm³/mol. The van der Waals surface area contributed by atoms with Gasteiger partial charge in [-0.05, 0) is 48.7 Å². The zero-order valence-electron chi connectivity index (χ0n) is 11.7. The Kier molecular flexibility index (Phi) is 5.64. The van der Waals surface area contributed by atoms with Crippen LogP contribution in [0, 0.1) is 0 Å². The van der Waals surface area contributed by atoms with Crippen LogP contribution in [0.4, 0.5) is 0 Å². The molecule has 0 aliphatic rings. The van der Waals surface area contributed by atoms with Crippen molar-refractivity contribution in [2.75, 3.05) is 6.54 Å². The molecule has 0 spiro atoms. The van der Waals surface area contributed by atoms with Gasteiger partial charge in [0.15, 0.2) is 0 Å². The average molecular weight is 357 g/mol. The standard InChI is InChI=1S/C15H19BrClN3/c1-3-6-18-15(7-11-9-19-20(2)10-11)13-8-12(17)4-5-14(13)16/h4-5,8-10,15,18H,3,6-7H2,1-2H3. The minimum Gasteiger partial charge on any atom is -0.310 e. The summed E-state index contributed by atoms with van der Waals surface area (Å²) < 4.78 is 2.92. The minimum absolute atomic E-state index is 0.229. The number of aryl methyl sites for hydroxylation is 1. The van der Waals surface area contributed by atoms with Gasteiger partial charge in [-0.2, -0.15) is 5.10 Å². The van der Waals surface area contributed by atoms with E-state index < -0.39 is 0 Å². The highest BCUT2D eigenvalue weighted by Crippen LogP contribution is 2.29. The molecule has 2 rings (SSSR count). The van der Waals surface area contributed by atoms with E-state index in [0.717, 1.165) is 28.9 Å². The summed E-state index contributed by atoms with van der Waals surface area (Å²) in [5.41, 5.74) is 2.41. The van der Waals surface area contributed by atoms with Crippen molar-refractivity contribution in [3.05, 3.63) is 51.2 Å². The van der Waals surface area contributed by atoms with Crippen LogP contribution in [0.2, 0.25) is 5.02 Å². The third-order valence-electron chi connectivity index (χ3n) is 3.17. The van der Waals surface area contributed by atoms with Gasteiger partial charge in [-0.15, -0.1) is 0 Å². The Morgan fingerprint density at radius 2 is 2.25 bits per heavy atom. The Morgan fingerprint density at radius 1 is 1.45 bits per heavy atom. The Bertz CT molecular complexity index is 568. The summed E-state index contributed by atoms with van der Waals surface area (Å²) in [7, 11) is 1.94. The van der Waals surface area contributed by atoms with E-state index in [-0.39, 0.29) is 6.04 Å². The van der Waals surface area contributed by atoms with E-state index in [1.807, 2.05) is 36.1 Å². The molecule has 1 aromatic carbocycles. The van der Waals surface area contributed by atoms with Crippen LogP contribution >= 0.6 is 27.5 Å². The molecule has 20 heavy (non-hydrogen) atoms. The van der Waals surface area contributed by atoms with Crippen LogP contribution in [0.3, 0.4) is 0 Å². The van der Waals surface area contributed by atoms with E-state index in [1.54, 1.807) is 0 Å². The van der Waals surface area contributed by atoms with Gasteiger partial charge in [0, 0.05) is 28.8 Å². The number of nitrogens with zero attached hydrogens (tertiary/aromatic N) is 2. The first-order chi connectivity index (χ1) is 9.60. The van der Waals surface area contributed by atoms with Crippen LogP contribution in [0.25, 0.3) is 0 Å². The molecule has 0 amide bonds. The van der Waals surface area contributed by atoms with E-state index in [4.69, 9.17) is 11.6 Å². The fourth-order valence-electron chi connectivity index (χ4n) is 2.21. The molecule has 0 fully saturated rings. The van der Waals surface area contributed by atoms with Crippen LogP contribution < -0.4 is 5.32 Å². The molecule has 1 aromatic heterocycles. The predicted octanol–water partition coefficient (Wildman–Crippen LogP) is 4.12. The van der Waals surface area contributed by atoms with Crippen molar-refractivity contribution < 1.29 is 0 Å². The second kappa shape index (κ2) is 7.25. The largest absolute Gasteiger partial charge is 0.310 e. The van der Waals surface area contributed by atoms with Crippen molar-refractivity contribution in [2.45, 2.75) is 25.8 Å². The van der Waals surface area contributed by atoms with Crippen molar-refractivity contribution in [2.24, 2.45) is 7.05 Å². The van der Waals surface area contributed by atoms with E-state index in [9.17, 15) is 0 Å². The number of hydrogen-bond acceptors (Lipinski definition) is 2. The minimum atomic E-state index is 0.229. The van der Waals surface area contributed by atoms with E-state index >= 15 is 0 Å². The van der Waals surface area contributed by atoms with Gasteiger partial charge in [0.25, 0.3) is 0 Å². The summed E-state index contributed by atoms with van der Waals surface area (Å²) in [5.74, 6) is 0. The van der Waals surface area contributed by atoms with Gasteiger partial charge in [0.05, 0.1) is 6.20 Å². The Balaban J connectivity index is 2.24. The first-order valence-corrected chi connectivity index (χ1v) is 7.93. The number of rotatable bonds is 6. The molecule has 1 N–H and O–H groups in total. The molecular formula is C15H19BrClN3. The molecule has 2 aromatic rings. The SMILES string of the molecule is CCCNC(Cc1cnn(C)c1)c1cc(Cl)ccc1Br. The number of benzene rings is 1. The normalized spacial score (nSPS) is 12.6. The third kappa shape index (κ3) is 4.08. The highest BCUT2D eigenvalue weighted by molar-refractivity contribution is 9.10. The summed E-state index contributed by atoms with van der Waals surface area (Å²) in [5, 5.41) is 8.58. The van der Waals surface area contributed by atoms with Crippen molar-refractivity contribution in [1.29, 1.82) is 0 Å². The van der Waals surface area contributed by atoms with Crippen molar-refractivity contribution in [3.63, 3.8) is 0 Å². The fraction of sp³-hybridized carbons (Fsp3) is 0.400. The molecule has 3 nitrogen and oxygen atoms in total. The highest BCUT2D eigenvalue weighted by atomic mass is 79.9. The highest BCUT2D eigenvalue weighted by Gasteiger charge is 2.16. The van der Waals surface area contributed by atoms with Crippen molar-refractivity contribution >= 4 is 27.5 Å². The Labute approximate surface area is 133 Å². The first kappa shape index (κ1) is 15.5. The summed E-state index contributed by atoms with van der Waals surface area (Å²) >= 11 is 9.76. The second-order valence-corrected chi connectivity index (χ2v) is 6.19. The molecular weight excluding hydrogens is 338 g/mol. The molecule has 1 heterocycles. The molecule has 5 heteroatoms. The number of halogens is 2. The van der Waals surface area contributed by atoms with Crippen LogP contribution in [0.15, 0.2) is 35.1 Å². The smallest absolute Gasteiger partial charge is 0.0522 e. The molecule has 0 radical (unpaired) electrons. The fourth-order valence-corrected chi connectivity index (χ4v) is 2.91. The maximum absolute atomic E-state index is 6.14. The van der Waals surface area contributed by atoms with Gasteiger partial charge in [-0.3, -0.25) is 4.68 Å². The van der Waals surface area contributed by atoms with Crippen LogP contribution in [-0.2, 0) is 13.5 Å². The van der Waals surface area contributed by atoms with Crippen LogP contribution in [-0.4, -0.2) is 16.3 Å². The average Bonchev–Trinajstić information content (AvgIpc) is 2.83. The number of hydrogen-bond donors (Lipinski definition) is 1. The zero-order chi connectivity index (χ0) is 14.5. The quantitative estimate of drug-likeness (QED) is 0.844. The summed E-state index contributed by atoms with van der Waals surface area (Å²) in [6.07, 6.45) is 5.96. The lowest BCUT2D eigenvalue weighted by molar-refractivity contribution is 0.527. The van der Waals surface area contributed by atoms with Gasteiger partial charge < -0.3 is 5.32 Å². The zero-order valence-corrected chi connectivity index (χ0v) is 14.1. The topological polar surface area (TPSA) is 29.9 Å². The summed E-state index contributed by atoms with van der Waals surface area (Å²) in [4.78, 5) is 0. The van der Waals surface area contributed by atoms with E-state index in [1.165, 1.54) is 11.1 Å². The third-order valence-corrected chi connectivity index (χ3v) is 4.13. The lowest BCUT2D eigenvalue weighted by atomic mass is 10.0. The number of nitrogens with one attached hydrogen (secondary N) is 1. The van der Waals surface area contributed by atoms with Gasteiger partial charge >= 0.3 is 0 Å². The lowest BCUT2D eigenvalue weighted by Crippen LogP contribution is -2.24. The van der Waals surface area contributed by atoms with Crippen LogP contribution in [0.1, 0.15) is 30.5 Å². The monoisotopic (exact) mass is 355 g/mol. The second-order valence-electron chi connectivity index (χ2n) is 4.90. The van der Waals surface area contributed by atoms with Crippen molar-refractivity contribution in [1.82, 2.24) is 15.1 Å². The molecule has 0 aliphatic carbocycles. The van der Waals surface area contributed by atoms with Gasteiger partial charge in [-0.25, -0.2) is 0 Å². The summed E-state index contributed by atoms with van der Waals surface area (Å²) in [6, 6.07) is 6.15. The molecule has 1 unspecified atom stereocenters.